The Hall–Kier alpha value is -0.970. The van der Waals surface area contributed by atoms with Crippen molar-refractivity contribution in [2.45, 2.75) is 15.2 Å². The summed E-state index contributed by atoms with van der Waals surface area (Å²) in [6, 6.07) is 14.9. The van der Waals surface area contributed by atoms with Crippen LogP contribution in [0.5, 0.6) is 0 Å². The highest BCUT2D eigenvalue weighted by molar-refractivity contribution is 7.84. The van der Waals surface area contributed by atoms with E-state index in [-0.39, 0.29) is 5.38 Å². The molecular formula is C15H15ClO2S2. The van der Waals surface area contributed by atoms with E-state index >= 15 is 0 Å². The van der Waals surface area contributed by atoms with E-state index in [9.17, 15) is 8.42 Å². The molecule has 0 saturated heterocycles. The first-order valence-corrected chi connectivity index (χ1v) is 9.55. The molecule has 2 nitrogen and oxygen atoms in total. The van der Waals surface area contributed by atoms with Gasteiger partial charge in [-0.3, -0.25) is 8.42 Å². The van der Waals surface area contributed by atoms with Crippen molar-refractivity contribution in [2.24, 2.45) is 0 Å². The van der Waals surface area contributed by atoms with Crippen LogP contribution >= 0.6 is 11.6 Å². The number of benzene rings is 2. The first-order chi connectivity index (χ1) is 9.49. The SMILES string of the molecule is CS(=O)c1ccc(C(Cl)c2ccc(S(C)=O)cc2)cc1. The summed E-state index contributed by atoms with van der Waals surface area (Å²) in [5.74, 6) is 0. The number of halogens is 1. The number of alkyl halides is 1. The van der Waals surface area contributed by atoms with Crippen LogP contribution < -0.4 is 0 Å². The minimum atomic E-state index is -0.980. The van der Waals surface area contributed by atoms with Crippen LogP contribution in [0.15, 0.2) is 58.3 Å². The van der Waals surface area contributed by atoms with Gasteiger partial charge in [0.1, 0.15) is 0 Å². The van der Waals surface area contributed by atoms with Crippen molar-refractivity contribution in [2.75, 3.05) is 12.5 Å². The van der Waals surface area contributed by atoms with Gasteiger partial charge >= 0.3 is 0 Å². The molecule has 106 valence electrons. The van der Waals surface area contributed by atoms with Crippen LogP contribution in [0.1, 0.15) is 16.5 Å². The van der Waals surface area contributed by atoms with Gasteiger partial charge in [0.2, 0.25) is 0 Å². The maximum atomic E-state index is 11.3. The summed E-state index contributed by atoms with van der Waals surface area (Å²) in [5.41, 5.74) is 1.90. The molecule has 0 aliphatic heterocycles. The van der Waals surface area contributed by atoms with Crippen molar-refractivity contribution in [3.05, 3.63) is 59.7 Å². The minimum absolute atomic E-state index is 0.270. The van der Waals surface area contributed by atoms with Crippen LogP contribution in [0.2, 0.25) is 0 Å². The van der Waals surface area contributed by atoms with Crippen LogP contribution in [-0.2, 0) is 21.6 Å². The van der Waals surface area contributed by atoms with Crippen molar-refractivity contribution in [1.29, 1.82) is 0 Å². The zero-order valence-electron chi connectivity index (χ0n) is 11.2. The summed E-state index contributed by atoms with van der Waals surface area (Å²) in [7, 11) is -1.96. The summed E-state index contributed by atoms with van der Waals surface area (Å²) in [6.45, 7) is 0. The molecule has 5 heteroatoms. The lowest BCUT2D eigenvalue weighted by molar-refractivity contribution is 0.686. The Kier molecular flexibility index (Phi) is 5.13. The Morgan fingerprint density at radius 2 is 1.05 bits per heavy atom. The lowest BCUT2D eigenvalue weighted by Gasteiger charge is -2.11. The molecule has 0 amide bonds. The summed E-state index contributed by atoms with van der Waals surface area (Å²) < 4.78 is 22.7. The first kappa shape index (κ1) is 15.4. The van der Waals surface area contributed by atoms with Gasteiger partial charge in [-0.05, 0) is 35.4 Å². The molecule has 2 unspecified atom stereocenters. The predicted octanol–water partition coefficient (Wildman–Crippen LogP) is 3.49. The summed E-state index contributed by atoms with van der Waals surface area (Å²) >= 11 is 6.44. The third-order valence-electron chi connectivity index (χ3n) is 3.01. The van der Waals surface area contributed by atoms with Crippen LogP contribution in [-0.4, -0.2) is 20.9 Å². The molecule has 0 heterocycles. The van der Waals surface area contributed by atoms with Gasteiger partial charge in [0.15, 0.2) is 0 Å². The number of hydrogen-bond donors (Lipinski definition) is 0. The summed E-state index contributed by atoms with van der Waals surface area (Å²) in [5, 5.41) is -0.270. The average Bonchev–Trinajstić information content (AvgIpc) is 2.46. The van der Waals surface area contributed by atoms with E-state index in [0.717, 1.165) is 20.9 Å². The van der Waals surface area contributed by atoms with Crippen molar-refractivity contribution in [1.82, 2.24) is 0 Å². The van der Waals surface area contributed by atoms with E-state index in [4.69, 9.17) is 11.6 Å². The Morgan fingerprint density at radius 3 is 1.30 bits per heavy atom. The molecule has 2 aromatic rings. The normalized spacial score (nSPS) is 15.6. The fourth-order valence-electron chi connectivity index (χ4n) is 1.85. The zero-order valence-corrected chi connectivity index (χ0v) is 13.6. The maximum Gasteiger partial charge on any atom is 0.0835 e. The smallest absolute Gasteiger partial charge is 0.0835 e. The first-order valence-electron chi connectivity index (χ1n) is 6.00. The molecule has 0 bridgehead atoms. The fourth-order valence-corrected chi connectivity index (χ4v) is 3.18. The Labute approximate surface area is 129 Å². The Bertz CT molecular complexity index is 578. The van der Waals surface area contributed by atoms with Crippen molar-refractivity contribution in [3.8, 4) is 0 Å². The second-order valence-corrected chi connectivity index (χ2v) is 7.60. The van der Waals surface area contributed by atoms with E-state index in [1.807, 2.05) is 48.5 Å². The third-order valence-corrected chi connectivity index (χ3v) is 5.39. The summed E-state index contributed by atoms with van der Waals surface area (Å²) in [4.78, 5) is 1.57. The van der Waals surface area contributed by atoms with Crippen LogP contribution in [0.25, 0.3) is 0 Å². The van der Waals surface area contributed by atoms with Gasteiger partial charge < -0.3 is 0 Å². The molecule has 0 aliphatic carbocycles. The molecule has 0 N–H and O–H groups in total. The highest BCUT2D eigenvalue weighted by Crippen LogP contribution is 2.29. The van der Waals surface area contributed by atoms with E-state index in [1.165, 1.54) is 0 Å². The molecule has 0 saturated carbocycles. The molecular weight excluding hydrogens is 312 g/mol. The van der Waals surface area contributed by atoms with E-state index in [1.54, 1.807) is 12.5 Å². The standard InChI is InChI=1S/C15H15ClO2S2/c1-19(17)13-7-3-11(4-8-13)15(16)12-5-9-14(10-6-12)20(2)18/h3-10,15H,1-2H3. The molecule has 2 rings (SSSR count). The van der Waals surface area contributed by atoms with E-state index in [0.29, 0.717) is 0 Å². The fraction of sp³-hybridized carbons (Fsp3) is 0.200. The predicted molar refractivity (Wildman–Crippen MR) is 85.2 cm³/mol. The lowest BCUT2D eigenvalue weighted by atomic mass is 10.0. The lowest BCUT2D eigenvalue weighted by Crippen LogP contribution is -1.95. The zero-order chi connectivity index (χ0) is 14.7. The van der Waals surface area contributed by atoms with Gasteiger partial charge in [0.05, 0.1) is 5.38 Å². The Balaban J connectivity index is 2.24. The average molecular weight is 327 g/mol. The van der Waals surface area contributed by atoms with Crippen molar-refractivity contribution >= 4 is 33.2 Å². The number of rotatable bonds is 4. The van der Waals surface area contributed by atoms with Crippen molar-refractivity contribution < 1.29 is 8.42 Å². The minimum Gasteiger partial charge on any atom is -0.255 e. The van der Waals surface area contributed by atoms with Crippen molar-refractivity contribution in [3.63, 3.8) is 0 Å². The molecule has 0 fully saturated rings. The van der Waals surface area contributed by atoms with Crippen LogP contribution in [0.3, 0.4) is 0 Å². The van der Waals surface area contributed by atoms with Crippen LogP contribution in [0, 0.1) is 0 Å². The second kappa shape index (κ2) is 6.66. The highest BCUT2D eigenvalue weighted by atomic mass is 35.5. The summed E-state index contributed by atoms with van der Waals surface area (Å²) in [6.07, 6.45) is 3.30. The van der Waals surface area contributed by atoms with Crippen LogP contribution in [0.4, 0.5) is 0 Å². The topological polar surface area (TPSA) is 34.1 Å². The van der Waals surface area contributed by atoms with Gasteiger partial charge in [-0.15, -0.1) is 11.6 Å². The van der Waals surface area contributed by atoms with Gasteiger partial charge in [0.25, 0.3) is 0 Å². The largest absolute Gasteiger partial charge is 0.255 e. The number of hydrogen-bond acceptors (Lipinski definition) is 2. The maximum absolute atomic E-state index is 11.3. The molecule has 2 aromatic carbocycles. The van der Waals surface area contributed by atoms with Gasteiger partial charge in [0, 0.05) is 43.9 Å². The van der Waals surface area contributed by atoms with Gasteiger partial charge in [-0.25, -0.2) is 0 Å². The van der Waals surface area contributed by atoms with Gasteiger partial charge in [-0.2, -0.15) is 0 Å². The molecule has 20 heavy (non-hydrogen) atoms. The van der Waals surface area contributed by atoms with E-state index < -0.39 is 21.6 Å². The van der Waals surface area contributed by atoms with E-state index in [2.05, 4.69) is 0 Å². The highest BCUT2D eigenvalue weighted by Gasteiger charge is 2.11. The Morgan fingerprint density at radius 1 is 0.750 bits per heavy atom. The third kappa shape index (κ3) is 3.57. The molecule has 2 atom stereocenters. The van der Waals surface area contributed by atoms with Gasteiger partial charge in [-0.1, -0.05) is 24.3 Å². The molecule has 0 spiro atoms. The molecule has 0 aromatic heterocycles. The second-order valence-electron chi connectivity index (χ2n) is 4.41. The molecule has 0 aliphatic rings. The monoisotopic (exact) mass is 326 g/mol. The quantitative estimate of drug-likeness (QED) is 0.806. The molecule has 0 radical (unpaired) electrons.